The van der Waals surface area contributed by atoms with Crippen molar-refractivity contribution in [2.45, 2.75) is 44.6 Å². The molecule has 3 rings (SSSR count). The van der Waals surface area contributed by atoms with Gasteiger partial charge in [-0.25, -0.2) is 8.78 Å². The first kappa shape index (κ1) is 15.6. The van der Waals surface area contributed by atoms with Crippen LogP contribution in [0.15, 0.2) is 22.7 Å². The first-order chi connectivity index (χ1) is 10.8. The summed E-state index contributed by atoms with van der Waals surface area (Å²) >= 11 is 0. The van der Waals surface area contributed by atoms with E-state index >= 15 is 0 Å². The Kier molecular flexibility index (Phi) is 3.66. The maximum atomic E-state index is 13.8. The number of hydrogen-bond acceptors (Lipinski definition) is 4. The van der Waals surface area contributed by atoms with Crippen molar-refractivity contribution in [3.05, 3.63) is 47.1 Å². The van der Waals surface area contributed by atoms with E-state index in [1.54, 1.807) is 13.8 Å². The van der Waals surface area contributed by atoms with E-state index in [1.165, 1.54) is 19.1 Å². The highest BCUT2D eigenvalue weighted by Crippen LogP contribution is 2.54. The van der Waals surface area contributed by atoms with Crippen molar-refractivity contribution in [3.8, 4) is 0 Å². The first-order valence-corrected chi connectivity index (χ1v) is 7.35. The Morgan fingerprint density at radius 3 is 2.74 bits per heavy atom. The van der Waals surface area contributed by atoms with Gasteiger partial charge in [-0.05, 0) is 37.8 Å². The second-order valence-electron chi connectivity index (χ2n) is 6.38. The Labute approximate surface area is 132 Å². The molecule has 0 spiro atoms. The smallest absolute Gasteiger partial charge is 0.230 e. The van der Waals surface area contributed by atoms with E-state index in [-0.39, 0.29) is 17.7 Å². The van der Waals surface area contributed by atoms with Crippen LogP contribution in [0, 0.1) is 11.6 Å². The quantitative estimate of drug-likeness (QED) is 0.940. The molecule has 1 fully saturated rings. The number of hydrogen-bond donors (Lipinski definition) is 1. The lowest BCUT2D eigenvalue weighted by molar-refractivity contribution is -0.120. The van der Waals surface area contributed by atoms with E-state index in [0.29, 0.717) is 23.7 Å². The van der Waals surface area contributed by atoms with Gasteiger partial charge in [0, 0.05) is 18.9 Å². The lowest BCUT2D eigenvalue weighted by atomic mass is 10.1. The molecule has 1 saturated carbocycles. The number of carbonyl (C=O) groups is 1. The lowest BCUT2D eigenvalue weighted by Crippen LogP contribution is -2.40. The summed E-state index contributed by atoms with van der Waals surface area (Å²) in [6.07, 6.45) is 0.671. The monoisotopic (exact) mass is 321 g/mol. The van der Waals surface area contributed by atoms with Crippen LogP contribution in [0.25, 0.3) is 0 Å². The van der Waals surface area contributed by atoms with Gasteiger partial charge in [-0.1, -0.05) is 11.2 Å². The minimum Gasteiger partial charge on any atom is -0.344 e. The molecule has 1 heterocycles. The van der Waals surface area contributed by atoms with Crippen LogP contribution in [0.1, 0.15) is 56.3 Å². The molecule has 0 aliphatic heterocycles. The molecule has 0 radical (unpaired) electrons. The summed E-state index contributed by atoms with van der Waals surface area (Å²) in [6.45, 7) is 4.96. The fourth-order valence-corrected chi connectivity index (χ4v) is 2.75. The van der Waals surface area contributed by atoms with E-state index < -0.39 is 17.2 Å². The van der Waals surface area contributed by atoms with Crippen LogP contribution < -0.4 is 5.32 Å². The van der Waals surface area contributed by atoms with Crippen LogP contribution in [0.2, 0.25) is 0 Å². The van der Waals surface area contributed by atoms with E-state index in [2.05, 4.69) is 15.5 Å². The van der Waals surface area contributed by atoms with Gasteiger partial charge in [-0.15, -0.1) is 0 Å². The van der Waals surface area contributed by atoms with Crippen LogP contribution in [0.4, 0.5) is 8.78 Å². The molecule has 23 heavy (non-hydrogen) atoms. The van der Waals surface area contributed by atoms with Gasteiger partial charge in [0.25, 0.3) is 0 Å². The van der Waals surface area contributed by atoms with E-state index in [9.17, 15) is 13.6 Å². The molecule has 1 aromatic carbocycles. The summed E-state index contributed by atoms with van der Waals surface area (Å²) < 4.78 is 32.1. The fourth-order valence-electron chi connectivity index (χ4n) is 2.75. The summed E-state index contributed by atoms with van der Waals surface area (Å²) in [5.74, 6) is -0.743. The zero-order valence-electron chi connectivity index (χ0n) is 13.1. The number of rotatable bonds is 4. The second kappa shape index (κ2) is 5.40. The number of halogens is 2. The normalized spacial score (nSPS) is 20.4. The number of nitrogens with zero attached hydrogens (tertiary/aromatic N) is 2. The highest BCUT2D eigenvalue weighted by molar-refractivity contribution is 5.73. The van der Waals surface area contributed by atoms with Crippen molar-refractivity contribution in [1.82, 2.24) is 15.5 Å². The van der Waals surface area contributed by atoms with Crippen molar-refractivity contribution in [2.75, 3.05) is 0 Å². The number of amides is 1. The summed E-state index contributed by atoms with van der Waals surface area (Å²) in [5.41, 5.74) is -0.295. The Hall–Kier alpha value is -2.31. The standard InChI is InChI=1S/C16H17F2N3O2/c1-8(22)20-16(2,3)15-19-14(23-21-15)12-7-11(12)10-5-4-9(17)6-13(10)18/h4-6,11-12H,7H2,1-3H3,(H,20,22). The molecular formula is C16H17F2N3O2. The molecule has 1 aliphatic rings. The summed E-state index contributed by atoms with van der Waals surface area (Å²) in [4.78, 5) is 15.5. The predicted molar refractivity (Wildman–Crippen MR) is 77.6 cm³/mol. The van der Waals surface area contributed by atoms with E-state index in [0.717, 1.165) is 6.07 Å². The first-order valence-electron chi connectivity index (χ1n) is 7.35. The fraction of sp³-hybridized carbons (Fsp3) is 0.438. The highest BCUT2D eigenvalue weighted by Gasteiger charge is 2.45. The third kappa shape index (κ3) is 3.09. The molecular weight excluding hydrogens is 304 g/mol. The van der Waals surface area contributed by atoms with Crippen LogP contribution in [0.5, 0.6) is 0 Å². The van der Waals surface area contributed by atoms with Crippen LogP contribution in [-0.2, 0) is 10.3 Å². The second-order valence-corrected chi connectivity index (χ2v) is 6.38. The average molecular weight is 321 g/mol. The molecule has 2 unspecified atom stereocenters. The molecule has 1 amide bonds. The summed E-state index contributed by atoms with van der Waals surface area (Å²) in [7, 11) is 0. The molecule has 122 valence electrons. The number of nitrogens with one attached hydrogen (secondary N) is 1. The molecule has 2 atom stereocenters. The molecule has 0 saturated heterocycles. The zero-order valence-corrected chi connectivity index (χ0v) is 13.1. The Morgan fingerprint density at radius 1 is 1.35 bits per heavy atom. The van der Waals surface area contributed by atoms with Crippen molar-refractivity contribution >= 4 is 5.91 Å². The SMILES string of the molecule is CC(=O)NC(C)(C)c1noc(C2CC2c2ccc(F)cc2F)n1. The number of aromatic nitrogens is 2. The largest absolute Gasteiger partial charge is 0.344 e. The Bertz CT molecular complexity index is 758. The maximum absolute atomic E-state index is 13.8. The minimum atomic E-state index is -0.751. The molecule has 7 heteroatoms. The minimum absolute atomic E-state index is 0.0793. The van der Waals surface area contributed by atoms with E-state index in [4.69, 9.17) is 4.52 Å². The molecule has 0 bridgehead atoms. The topological polar surface area (TPSA) is 68.0 Å². The third-order valence-electron chi connectivity index (χ3n) is 3.96. The number of carbonyl (C=O) groups excluding carboxylic acids is 1. The van der Waals surface area contributed by atoms with Gasteiger partial charge in [0.15, 0.2) is 5.82 Å². The van der Waals surface area contributed by atoms with Crippen molar-refractivity contribution in [2.24, 2.45) is 0 Å². The van der Waals surface area contributed by atoms with Gasteiger partial charge < -0.3 is 9.84 Å². The zero-order chi connectivity index (χ0) is 16.8. The van der Waals surface area contributed by atoms with E-state index in [1.807, 2.05) is 0 Å². The van der Waals surface area contributed by atoms with Crippen LogP contribution in [-0.4, -0.2) is 16.0 Å². The van der Waals surface area contributed by atoms with Gasteiger partial charge in [-0.2, -0.15) is 4.98 Å². The van der Waals surface area contributed by atoms with Crippen molar-refractivity contribution in [3.63, 3.8) is 0 Å². The summed E-state index contributed by atoms with van der Waals surface area (Å²) in [6, 6.07) is 3.57. The van der Waals surface area contributed by atoms with Crippen LogP contribution in [0.3, 0.4) is 0 Å². The van der Waals surface area contributed by atoms with Crippen molar-refractivity contribution < 1.29 is 18.1 Å². The third-order valence-corrected chi connectivity index (χ3v) is 3.96. The molecule has 5 nitrogen and oxygen atoms in total. The van der Waals surface area contributed by atoms with Gasteiger partial charge >= 0.3 is 0 Å². The van der Waals surface area contributed by atoms with Gasteiger partial charge in [0.2, 0.25) is 11.8 Å². The average Bonchev–Trinajstić information content (AvgIpc) is 3.04. The molecule has 1 aliphatic carbocycles. The Balaban J connectivity index is 1.77. The molecule has 2 aromatic rings. The molecule has 1 aromatic heterocycles. The lowest BCUT2D eigenvalue weighted by Gasteiger charge is -2.20. The predicted octanol–water partition coefficient (Wildman–Crippen LogP) is 2.99. The van der Waals surface area contributed by atoms with Gasteiger partial charge in [0.05, 0.1) is 5.54 Å². The molecule has 1 N–H and O–H groups in total. The maximum Gasteiger partial charge on any atom is 0.230 e. The number of benzene rings is 1. The van der Waals surface area contributed by atoms with Crippen LogP contribution >= 0.6 is 0 Å². The van der Waals surface area contributed by atoms with Gasteiger partial charge in [0.1, 0.15) is 11.6 Å². The van der Waals surface area contributed by atoms with Gasteiger partial charge in [-0.3, -0.25) is 4.79 Å². The highest BCUT2D eigenvalue weighted by atomic mass is 19.1. The van der Waals surface area contributed by atoms with Crippen molar-refractivity contribution in [1.29, 1.82) is 0 Å². The Morgan fingerprint density at radius 2 is 2.09 bits per heavy atom. The summed E-state index contributed by atoms with van der Waals surface area (Å²) in [5, 5.41) is 6.65.